The zero-order chi connectivity index (χ0) is 11.1. The van der Waals surface area contributed by atoms with E-state index in [4.69, 9.17) is 4.74 Å². The third-order valence-corrected chi connectivity index (χ3v) is 2.32. The highest BCUT2D eigenvalue weighted by Gasteiger charge is 2.01. The number of para-hydroxylation sites is 1. The Kier molecular flexibility index (Phi) is 5.19. The molecule has 0 aliphatic carbocycles. The largest absolute Gasteiger partial charge is 0.494 e. The molecule has 0 fully saturated rings. The van der Waals surface area contributed by atoms with Crippen molar-refractivity contribution in [3.63, 3.8) is 0 Å². The first-order valence-electron chi connectivity index (χ1n) is 5.59. The lowest BCUT2D eigenvalue weighted by Gasteiger charge is -2.12. The van der Waals surface area contributed by atoms with Gasteiger partial charge in [0.05, 0.1) is 6.61 Å². The van der Waals surface area contributed by atoms with Gasteiger partial charge in [0.1, 0.15) is 5.75 Å². The number of rotatable bonds is 6. The second-order valence-electron chi connectivity index (χ2n) is 3.95. The van der Waals surface area contributed by atoms with Gasteiger partial charge in [-0.2, -0.15) is 0 Å². The summed E-state index contributed by atoms with van der Waals surface area (Å²) in [5.41, 5.74) is 1.32. The van der Waals surface area contributed by atoms with Gasteiger partial charge in [0.25, 0.3) is 0 Å². The Hall–Kier alpha value is -1.02. The standard InChI is InChI=1S/C13H21NO/c1-4-15-13-10-6-5-8-12(13)9-7-11-14(2)3/h5-6,8,10H,4,7,9,11H2,1-3H3. The first-order chi connectivity index (χ1) is 7.24. The van der Waals surface area contributed by atoms with Crippen LogP contribution in [0, 0.1) is 0 Å². The van der Waals surface area contributed by atoms with Crippen LogP contribution in [-0.4, -0.2) is 32.1 Å². The Morgan fingerprint density at radius 1 is 1.20 bits per heavy atom. The van der Waals surface area contributed by atoms with Crippen LogP contribution in [0.1, 0.15) is 18.9 Å². The molecule has 0 N–H and O–H groups in total. The first-order valence-corrected chi connectivity index (χ1v) is 5.59. The lowest BCUT2D eigenvalue weighted by molar-refractivity contribution is 0.334. The second-order valence-corrected chi connectivity index (χ2v) is 3.95. The van der Waals surface area contributed by atoms with Crippen LogP contribution in [-0.2, 0) is 6.42 Å². The maximum Gasteiger partial charge on any atom is 0.122 e. The van der Waals surface area contributed by atoms with Gasteiger partial charge in [0.15, 0.2) is 0 Å². The normalized spacial score (nSPS) is 10.7. The first kappa shape index (κ1) is 12.1. The van der Waals surface area contributed by atoms with E-state index in [9.17, 15) is 0 Å². The van der Waals surface area contributed by atoms with Gasteiger partial charge in [-0.25, -0.2) is 0 Å². The molecular weight excluding hydrogens is 186 g/mol. The molecule has 0 amide bonds. The molecule has 1 aromatic rings. The average molecular weight is 207 g/mol. The van der Waals surface area contributed by atoms with E-state index in [0.29, 0.717) is 0 Å². The smallest absolute Gasteiger partial charge is 0.122 e. The van der Waals surface area contributed by atoms with Crippen LogP contribution in [0.5, 0.6) is 5.75 Å². The Morgan fingerprint density at radius 2 is 1.93 bits per heavy atom. The number of ether oxygens (including phenoxy) is 1. The van der Waals surface area contributed by atoms with Crippen molar-refractivity contribution >= 4 is 0 Å². The summed E-state index contributed by atoms with van der Waals surface area (Å²) in [6.45, 7) is 3.89. The van der Waals surface area contributed by atoms with Gasteiger partial charge in [-0.05, 0) is 52.0 Å². The lowest BCUT2D eigenvalue weighted by atomic mass is 10.1. The Labute approximate surface area is 92.9 Å². The molecule has 0 aliphatic heterocycles. The van der Waals surface area contributed by atoms with Crippen molar-refractivity contribution in [1.82, 2.24) is 4.90 Å². The minimum Gasteiger partial charge on any atom is -0.494 e. The van der Waals surface area contributed by atoms with Gasteiger partial charge >= 0.3 is 0 Å². The average Bonchev–Trinajstić information content (AvgIpc) is 2.20. The molecule has 0 aliphatic rings. The van der Waals surface area contributed by atoms with E-state index in [1.807, 2.05) is 13.0 Å². The number of aryl methyl sites for hydroxylation is 1. The van der Waals surface area contributed by atoms with E-state index in [0.717, 1.165) is 25.3 Å². The topological polar surface area (TPSA) is 12.5 Å². The highest BCUT2D eigenvalue weighted by atomic mass is 16.5. The summed E-state index contributed by atoms with van der Waals surface area (Å²) in [7, 11) is 4.21. The Balaban J connectivity index is 2.51. The third-order valence-electron chi connectivity index (χ3n) is 2.32. The molecule has 0 atom stereocenters. The molecular formula is C13H21NO. The molecule has 0 bridgehead atoms. The van der Waals surface area contributed by atoms with Crippen LogP contribution in [0.4, 0.5) is 0 Å². The SMILES string of the molecule is CCOc1ccccc1CCCN(C)C. The molecule has 1 rings (SSSR count). The molecule has 0 radical (unpaired) electrons. The van der Waals surface area contributed by atoms with Crippen molar-refractivity contribution in [1.29, 1.82) is 0 Å². The number of nitrogens with zero attached hydrogens (tertiary/aromatic N) is 1. The highest BCUT2D eigenvalue weighted by molar-refractivity contribution is 5.33. The van der Waals surface area contributed by atoms with Crippen LogP contribution < -0.4 is 4.74 Å². The van der Waals surface area contributed by atoms with Crippen molar-refractivity contribution in [2.75, 3.05) is 27.2 Å². The summed E-state index contributed by atoms with van der Waals surface area (Å²) < 4.78 is 5.58. The molecule has 2 heteroatoms. The van der Waals surface area contributed by atoms with E-state index >= 15 is 0 Å². The van der Waals surface area contributed by atoms with Gasteiger partial charge in [-0.15, -0.1) is 0 Å². The predicted molar refractivity (Wildman–Crippen MR) is 64.5 cm³/mol. The molecule has 0 saturated heterocycles. The van der Waals surface area contributed by atoms with Crippen LogP contribution >= 0.6 is 0 Å². The van der Waals surface area contributed by atoms with E-state index in [-0.39, 0.29) is 0 Å². The van der Waals surface area contributed by atoms with E-state index in [2.05, 4.69) is 37.2 Å². The molecule has 0 saturated carbocycles. The molecule has 84 valence electrons. The van der Waals surface area contributed by atoms with Crippen molar-refractivity contribution in [3.05, 3.63) is 29.8 Å². The highest BCUT2D eigenvalue weighted by Crippen LogP contribution is 2.19. The van der Waals surface area contributed by atoms with Crippen molar-refractivity contribution in [2.45, 2.75) is 19.8 Å². The fourth-order valence-electron chi connectivity index (χ4n) is 1.59. The third kappa shape index (κ3) is 4.34. The van der Waals surface area contributed by atoms with Crippen molar-refractivity contribution in [3.8, 4) is 5.75 Å². The minimum absolute atomic E-state index is 0.741. The fourth-order valence-corrected chi connectivity index (χ4v) is 1.59. The second kappa shape index (κ2) is 6.46. The van der Waals surface area contributed by atoms with Crippen LogP contribution in [0.3, 0.4) is 0 Å². The number of benzene rings is 1. The van der Waals surface area contributed by atoms with Crippen LogP contribution in [0.15, 0.2) is 24.3 Å². The fraction of sp³-hybridized carbons (Fsp3) is 0.538. The summed E-state index contributed by atoms with van der Waals surface area (Å²) in [6, 6.07) is 8.31. The van der Waals surface area contributed by atoms with Crippen molar-refractivity contribution in [2.24, 2.45) is 0 Å². The monoisotopic (exact) mass is 207 g/mol. The zero-order valence-corrected chi connectivity index (χ0v) is 9.99. The predicted octanol–water partition coefficient (Wildman–Crippen LogP) is 2.58. The van der Waals surface area contributed by atoms with Crippen molar-refractivity contribution < 1.29 is 4.74 Å². The van der Waals surface area contributed by atoms with Gasteiger partial charge in [-0.3, -0.25) is 0 Å². The molecule has 0 aromatic heterocycles. The molecule has 0 heterocycles. The van der Waals surface area contributed by atoms with Gasteiger partial charge in [0, 0.05) is 0 Å². The summed E-state index contributed by atoms with van der Waals surface area (Å²) in [6.07, 6.45) is 2.27. The quantitative estimate of drug-likeness (QED) is 0.711. The summed E-state index contributed by atoms with van der Waals surface area (Å²) in [5, 5.41) is 0. The summed E-state index contributed by atoms with van der Waals surface area (Å²) in [5.74, 6) is 1.04. The molecule has 0 spiro atoms. The molecule has 1 aromatic carbocycles. The van der Waals surface area contributed by atoms with Gasteiger partial charge in [-0.1, -0.05) is 18.2 Å². The van der Waals surface area contributed by atoms with Gasteiger partial charge in [0.2, 0.25) is 0 Å². The van der Waals surface area contributed by atoms with Crippen LogP contribution in [0.25, 0.3) is 0 Å². The molecule has 15 heavy (non-hydrogen) atoms. The maximum atomic E-state index is 5.58. The minimum atomic E-state index is 0.741. The number of hydrogen-bond acceptors (Lipinski definition) is 2. The van der Waals surface area contributed by atoms with E-state index < -0.39 is 0 Å². The Bertz CT molecular complexity index is 284. The maximum absolute atomic E-state index is 5.58. The number of hydrogen-bond donors (Lipinski definition) is 0. The molecule has 0 unspecified atom stereocenters. The van der Waals surface area contributed by atoms with E-state index in [1.165, 1.54) is 12.0 Å². The zero-order valence-electron chi connectivity index (χ0n) is 9.99. The summed E-state index contributed by atoms with van der Waals surface area (Å²) >= 11 is 0. The Morgan fingerprint density at radius 3 is 2.60 bits per heavy atom. The summed E-state index contributed by atoms with van der Waals surface area (Å²) in [4.78, 5) is 2.21. The van der Waals surface area contributed by atoms with E-state index in [1.54, 1.807) is 0 Å². The lowest BCUT2D eigenvalue weighted by Crippen LogP contribution is -2.13. The molecule has 2 nitrogen and oxygen atoms in total. The van der Waals surface area contributed by atoms with Gasteiger partial charge < -0.3 is 9.64 Å². The van der Waals surface area contributed by atoms with Crippen LogP contribution in [0.2, 0.25) is 0 Å².